The van der Waals surface area contributed by atoms with Crippen molar-refractivity contribution >= 4 is 39.3 Å². The maximum atomic E-state index is 13.6. The van der Waals surface area contributed by atoms with Gasteiger partial charge in [0.15, 0.2) is 0 Å². The molecule has 3 aliphatic rings. The third-order valence-electron chi connectivity index (χ3n) is 6.39. The topological polar surface area (TPSA) is 66.9 Å². The lowest BCUT2D eigenvalue weighted by Crippen LogP contribution is -2.44. The van der Waals surface area contributed by atoms with Gasteiger partial charge in [0.2, 0.25) is 10.0 Å². The van der Waals surface area contributed by atoms with Crippen molar-refractivity contribution in [1.82, 2.24) is 9.21 Å². The van der Waals surface area contributed by atoms with Gasteiger partial charge in [0.05, 0.1) is 11.1 Å². The molecule has 0 spiro atoms. The zero-order valence-corrected chi connectivity index (χ0v) is 20.2. The average molecular weight is 487 g/mol. The third-order valence-corrected chi connectivity index (χ3v) is 9.92. The summed E-state index contributed by atoms with van der Waals surface area (Å²) in [4.78, 5) is 15.5. The average Bonchev–Trinajstić information content (AvgIpc) is 3.41. The van der Waals surface area contributed by atoms with E-state index >= 15 is 0 Å². The highest BCUT2D eigenvalue weighted by Crippen LogP contribution is 2.30. The Bertz CT molecular complexity index is 875. The standard InChI is InChI=1S/C22H31ClN2O4S2/c23-20-8-7-17(14-21(20)31(27,28)24-10-3-1-2-4-11-24)22(26)25(18-9-13-30-16-18)15-19-6-5-12-29-19/h7-8,14,18-19H,1-6,9-13,15-16H2. The van der Waals surface area contributed by atoms with E-state index in [4.69, 9.17) is 16.3 Å². The third kappa shape index (κ3) is 5.41. The van der Waals surface area contributed by atoms with Crippen LogP contribution in [0.25, 0.3) is 0 Å². The Morgan fingerprint density at radius 3 is 2.58 bits per heavy atom. The second-order valence-electron chi connectivity index (χ2n) is 8.57. The molecule has 172 valence electrons. The maximum Gasteiger partial charge on any atom is 0.254 e. The Hall–Kier alpha value is -0.800. The van der Waals surface area contributed by atoms with Crippen molar-refractivity contribution in [2.75, 3.05) is 37.7 Å². The molecule has 3 saturated heterocycles. The van der Waals surface area contributed by atoms with Crippen LogP contribution in [0.5, 0.6) is 0 Å². The molecule has 0 radical (unpaired) electrons. The lowest BCUT2D eigenvalue weighted by molar-refractivity contribution is 0.0441. The first-order valence-electron chi connectivity index (χ1n) is 11.3. The Labute approximate surface area is 194 Å². The maximum absolute atomic E-state index is 13.6. The zero-order chi connectivity index (χ0) is 21.8. The summed E-state index contributed by atoms with van der Waals surface area (Å²) in [5, 5.41) is 0.169. The molecule has 9 heteroatoms. The number of carbonyl (C=O) groups excluding carboxylic acids is 1. The molecule has 0 N–H and O–H groups in total. The SMILES string of the molecule is O=C(c1ccc(Cl)c(S(=O)(=O)N2CCCCCC2)c1)N(CC1CCCO1)C1CCSC1. The number of nitrogens with zero attached hydrogens (tertiary/aromatic N) is 2. The number of thioether (sulfide) groups is 1. The van der Waals surface area contributed by atoms with Crippen LogP contribution in [0.4, 0.5) is 0 Å². The van der Waals surface area contributed by atoms with E-state index < -0.39 is 10.0 Å². The second kappa shape index (κ2) is 10.4. The predicted molar refractivity (Wildman–Crippen MR) is 124 cm³/mol. The first-order chi connectivity index (χ1) is 15.0. The lowest BCUT2D eigenvalue weighted by Gasteiger charge is -2.31. The van der Waals surface area contributed by atoms with Gasteiger partial charge in [-0.15, -0.1) is 0 Å². The van der Waals surface area contributed by atoms with Crippen molar-refractivity contribution in [2.24, 2.45) is 0 Å². The van der Waals surface area contributed by atoms with Gasteiger partial charge >= 0.3 is 0 Å². The summed E-state index contributed by atoms with van der Waals surface area (Å²) >= 11 is 8.19. The summed E-state index contributed by atoms with van der Waals surface area (Å²) in [7, 11) is -3.74. The van der Waals surface area contributed by atoms with Crippen molar-refractivity contribution in [1.29, 1.82) is 0 Å². The number of amides is 1. The number of hydrogen-bond donors (Lipinski definition) is 0. The molecule has 1 aromatic rings. The molecule has 2 unspecified atom stereocenters. The number of sulfonamides is 1. The fourth-order valence-electron chi connectivity index (χ4n) is 4.59. The van der Waals surface area contributed by atoms with Crippen LogP contribution in [0.3, 0.4) is 0 Å². The summed E-state index contributed by atoms with van der Waals surface area (Å²) in [5.41, 5.74) is 0.382. The zero-order valence-electron chi connectivity index (χ0n) is 17.8. The van der Waals surface area contributed by atoms with Gasteiger partial charge in [-0.05, 0) is 56.1 Å². The Morgan fingerprint density at radius 1 is 1.16 bits per heavy atom. The Kier molecular flexibility index (Phi) is 7.85. The molecule has 3 heterocycles. The molecule has 1 aromatic carbocycles. The van der Waals surface area contributed by atoms with Gasteiger partial charge < -0.3 is 9.64 Å². The van der Waals surface area contributed by atoms with E-state index in [0.717, 1.165) is 63.1 Å². The highest BCUT2D eigenvalue weighted by Gasteiger charge is 2.33. The molecule has 3 aliphatic heterocycles. The largest absolute Gasteiger partial charge is 0.376 e. The van der Waals surface area contributed by atoms with Gasteiger partial charge in [-0.25, -0.2) is 8.42 Å². The van der Waals surface area contributed by atoms with E-state index in [1.165, 1.54) is 10.4 Å². The predicted octanol–water partition coefficient (Wildman–Crippen LogP) is 4.03. The summed E-state index contributed by atoms with van der Waals surface area (Å²) < 4.78 is 34.0. The molecule has 2 atom stereocenters. The first-order valence-corrected chi connectivity index (χ1v) is 14.2. The van der Waals surface area contributed by atoms with Crippen molar-refractivity contribution in [2.45, 2.75) is 62.0 Å². The van der Waals surface area contributed by atoms with Crippen LogP contribution in [0.15, 0.2) is 23.1 Å². The molecular formula is C22H31ClN2O4S2. The molecular weight excluding hydrogens is 456 g/mol. The number of hydrogen-bond acceptors (Lipinski definition) is 5. The highest BCUT2D eigenvalue weighted by atomic mass is 35.5. The van der Waals surface area contributed by atoms with Crippen LogP contribution in [0.1, 0.15) is 55.3 Å². The Balaban J connectivity index is 1.61. The Morgan fingerprint density at radius 2 is 1.94 bits per heavy atom. The van der Waals surface area contributed by atoms with Crippen molar-refractivity contribution in [3.05, 3.63) is 28.8 Å². The van der Waals surface area contributed by atoms with Crippen LogP contribution in [-0.2, 0) is 14.8 Å². The van der Waals surface area contributed by atoms with Gasteiger partial charge in [0, 0.05) is 43.6 Å². The molecule has 3 fully saturated rings. The summed E-state index contributed by atoms with van der Waals surface area (Å²) in [5.74, 6) is 1.81. The molecule has 0 saturated carbocycles. The number of ether oxygens (including phenoxy) is 1. The number of halogens is 1. The van der Waals surface area contributed by atoms with Crippen LogP contribution < -0.4 is 0 Å². The lowest BCUT2D eigenvalue weighted by atomic mass is 10.1. The van der Waals surface area contributed by atoms with E-state index in [9.17, 15) is 13.2 Å². The minimum atomic E-state index is -3.74. The normalized spacial score (nSPS) is 25.5. The van der Waals surface area contributed by atoms with Gasteiger partial charge in [-0.3, -0.25) is 4.79 Å². The summed E-state index contributed by atoms with van der Waals surface area (Å²) in [6, 6.07) is 4.84. The van der Waals surface area contributed by atoms with Crippen LogP contribution in [0, 0.1) is 0 Å². The molecule has 4 rings (SSSR count). The smallest absolute Gasteiger partial charge is 0.254 e. The fourth-order valence-corrected chi connectivity index (χ4v) is 7.84. The monoisotopic (exact) mass is 486 g/mol. The fraction of sp³-hybridized carbons (Fsp3) is 0.682. The van der Waals surface area contributed by atoms with E-state index in [2.05, 4.69) is 0 Å². The van der Waals surface area contributed by atoms with Crippen LogP contribution in [-0.4, -0.2) is 73.4 Å². The van der Waals surface area contributed by atoms with E-state index in [0.29, 0.717) is 25.2 Å². The van der Waals surface area contributed by atoms with Crippen LogP contribution in [0.2, 0.25) is 5.02 Å². The highest BCUT2D eigenvalue weighted by molar-refractivity contribution is 7.99. The van der Waals surface area contributed by atoms with Crippen LogP contribution >= 0.6 is 23.4 Å². The van der Waals surface area contributed by atoms with Crippen molar-refractivity contribution < 1.29 is 17.9 Å². The minimum absolute atomic E-state index is 0.0415. The van der Waals surface area contributed by atoms with Gasteiger partial charge in [-0.2, -0.15) is 16.1 Å². The van der Waals surface area contributed by atoms with Crippen molar-refractivity contribution in [3.63, 3.8) is 0 Å². The second-order valence-corrected chi connectivity index (χ2v) is 12.0. The van der Waals surface area contributed by atoms with E-state index in [1.54, 1.807) is 12.1 Å². The van der Waals surface area contributed by atoms with Crippen molar-refractivity contribution in [3.8, 4) is 0 Å². The number of benzene rings is 1. The summed E-state index contributed by atoms with van der Waals surface area (Å²) in [6.45, 7) is 2.30. The number of rotatable bonds is 6. The van der Waals surface area contributed by atoms with Gasteiger partial charge in [0.25, 0.3) is 5.91 Å². The quantitative estimate of drug-likeness (QED) is 0.607. The summed E-state index contributed by atoms with van der Waals surface area (Å²) in [6.07, 6.45) is 6.77. The van der Waals surface area contributed by atoms with Gasteiger partial charge in [0.1, 0.15) is 4.90 Å². The van der Waals surface area contributed by atoms with E-state index in [-0.39, 0.29) is 28.0 Å². The molecule has 6 nitrogen and oxygen atoms in total. The molecule has 1 amide bonds. The first kappa shape index (κ1) is 23.4. The molecule has 0 aliphatic carbocycles. The van der Waals surface area contributed by atoms with E-state index in [1.807, 2.05) is 16.7 Å². The minimum Gasteiger partial charge on any atom is -0.376 e. The van der Waals surface area contributed by atoms with Gasteiger partial charge in [-0.1, -0.05) is 24.4 Å². The molecule has 31 heavy (non-hydrogen) atoms. The molecule has 0 bridgehead atoms. The number of carbonyl (C=O) groups is 1. The molecule has 0 aromatic heterocycles.